The quantitative estimate of drug-likeness (QED) is 0.865. The summed E-state index contributed by atoms with van der Waals surface area (Å²) in [5.74, 6) is 0.917. The molecule has 2 nitrogen and oxygen atoms in total. The number of likely N-dealkylation sites (tertiary alicyclic amines) is 1. The van der Waals surface area contributed by atoms with Crippen molar-refractivity contribution in [2.45, 2.75) is 39.2 Å². The normalized spacial score (nSPS) is 22.3. The van der Waals surface area contributed by atoms with Crippen LogP contribution in [0.2, 0.25) is 0 Å². The van der Waals surface area contributed by atoms with Gasteiger partial charge in [-0.15, -0.1) is 0 Å². The Labute approximate surface area is 111 Å². The molecule has 0 bridgehead atoms. The molecule has 1 aliphatic rings. The summed E-state index contributed by atoms with van der Waals surface area (Å²) in [6.07, 6.45) is 3.76. The number of nitrogens with two attached hydrogens (primary N) is 1. The van der Waals surface area contributed by atoms with Gasteiger partial charge in [0.05, 0.1) is 0 Å². The molecule has 0 spiro atoms. The molecule has 1 aliphatic heterocycles. The molecule has 1 aromatic rings. The third-order valence-corrected chi connectivity index (χ3v) is 4.17. The zero-order valence-corrected chi connectivity index (χ0v) is 11.7. The predicted octanol–water partition coefficient (Wildman–Crippen LogP) is 3.12. The Morgan fingerprint density at radius 2 is 2.28 bits per heavy atom. The lowest BCUT2D eigenvalue weighted by Crippen LogP contribution is -2.25. The molecule has 2 rings (SSSR count). The van der Waals surface area contributed by atoms with Gasteiger partial charge >= 0.3 is 0 Å². The van der Waals surface area contributed by atoms with Crippen molar-refractivity contribution >= 4 is 0 Å². The Balaban J connectivity index is 1.80. The molecule has 0 radical (unpaired) electrons. The molecule has 2 atom stereocenters. The maximum absolute atomic E-state index is 6.28. The number of hydrogen-bond donors (Lipinski definition) is 1. The van der Waals surface area contributed by atoms with Crippen molar-refractivity contribution < 1.29 is 0 Å². The van der Waals surface area contributed by atoms with Gasteiger partial charge in [-0.3, -0.25) is 0 Å². The first-order valence-electron chi connectivity index (χ1n) is 7.23. The highest BCUT2D eigenvalue weighted by molar-refractivity contribution is 5.24. The second kappa shape index (κ2) is 6.35. The van der Waals surface area contributed by atoms with Crippen molar-refractivity contribution in [1.82, 2.24) is 4.90 Å². The molecule has 2 N–H and O–H groups in total. The van der Waals surface area contributed by atoms with Crippen LogP contribution in [0.5, 0.6) is 0 Å². The van der Waals surface area contributed by atoms with E-state index in [-0.39, 0.29) is 6.04 Å². The van der Waals surface area contributed by atoms with Crippen molar-refractivity contribution in [3.63, 3.8) is 0 Å². The Hall–Kier alpha value is -0.860. The average Bonchev–Trinajstić information content (AvgIpc) is 2.84. The fraction of sp³-hybridized carbons (Fsp3) is 0.625. The summed E-state index contributed by atoms with van der Waals surface area (Å²) in [7, 11) is 0. The summed E-state index contributed by atoms with van der Waals surface area (Å²) in [6.45, 7) is 8.11. The third-order valence-electron chi connectivity index (χ3n) is 4.17. The van der Waals surface area contributed by atoms with Crippen molar-refractivity contribution in [2.75, 3.05) is 19.6 Å². The molecule has 0 aromatic heterocycles. The number of hydrogen-bond acceptors (Lipinski definition) is 2. The largest absolute Gasteiger partial charge is 0.324 e. The van der Waals surface area contributed by atoms with Gasteiger partial charge in [-0.1, -0.05) is 43.2 Å². The van der Waals surface area contributed by atoms with Gasteiger partial charge in [0.2, 0.25) is 0 Å². The lowest BCUT2D eigenvalue weighted by atomic mass is 10.0. The minimum absolute atomic E-state index is 0.186. The van der Waals surface area contributed by atoms with Crippen LogP contribution < -0.4 is 5.73 Å². The molecule has 2 heteroatoms. The van der Waals surface area contributed by atoms with Crippen LogP contribution in [0.1, 0.15) is 43.4 Å². The highest BCUT2D eigenvalue weighted by Crippen LogP contribution is 2.21. The first-order chi connectivity index (χ1) is 8.69. The van der Waals surface area contributed by atoms with E-state index in [9.17, 15) is 0 Å². The third kappa shape index (κ3) is 3.56. The number of nitrogens with zero attached hydrogens (tertiary/aromatic N) is 1. The summed E-state index contributed by atoms with van der Waals surface area (Å²) in [5.41, 5.74) is 8.86. The maximum atomic E-state index is 6.28. The van der Waals surface area contributed by atoms with Crippen LogP contribution in [0.15, 0.2) is 24.3 Å². The van der Waals surface area contributed by atoms with Crippen LogP contribution in [0.3, 0.4) is 0 Å². The predicted molar refractivity (Wildman–Crippen MR) is 77.6 cm³/mol. The molecule has 100 valence electrons. The molecule has 18 heavy (non-hydrogen) atoms. The van der Waals surface area contributed by atoms with Crippen molar-refractivity contribution in [2.24, 2.45) is 11.7 Å². The zero-order chi connectivity index (χ0) is 13.0. The SMILES string of the molecule is CCC1CCN(CCC(N)c2cccc(C)c2)C1. The Morgan fingerprint density at radius 3 is 2.94 bits per heavy atom. The molecular weight excluding hydrogens is 220 g/mol. The van der Waals surface area contributed by atoms with E-state index in [0.717, 1.165) is 18.9 Å². The maximum Gasteiger partial charge on any atom is 0.0307 e. The number of benzene rings is 1. The van der Waals surface area contributed by atoms with Gasteiger partial charge in [-0.25, -0.2) is 0 Å². The second-order valence-corrected chi connectivity index (χ2v) is 5.67. The van der Waals surface area contributed by atoms with E-state index in [0.29, 0.717) is 0 Å². The van der Waals surface area contributed by atoms with Crippen LogP contribution >= 0.6 is 0 Å². The Morgan fingerprint density at radius 1 is 1.44 bits per heavy atom. The molecule has 1 heterocycles. The van der Waals surface area contributed by atoms with Gasteiger partial charge in [0.15, 0.2) is 0 Å². The number of aryl methyl sites for hydroxylation is 1. The molecule has 1 fully saturated rings. The van der Waals surface area contributed by atoms with Crippen LogP contribution in [0.25, 0.3) is 0 Å². The van der Waals surface area contributed by atoms with Crippen LogP contribution in [-0.4, -0.2) is 24.5 Å². The first-order valence-corrected chi connectivity index (χ1v) is 7.23. The van der Waals surface area contributed by atoms with E-state index >= 15 is 0 Å². The highest BCUT2D eigenvalue weighted by Gasteiger charge is 2.21. The van der Waals surface area contributed by atoms with E-state index in [1.165, 1.54) is 37.1 Å². The number of rotatable bonds is 5. The van der Waals surface area contributed by atoms with Gasteiger partial charge in [0.1, 0.15) is 0 Å². The van der Waals surface area contributed by atoms with Gasteiger partial charge in [0, 0.05) is 12.6 Å². The Kier molecular flexibility index (Phi) is 4.79. The molecule has 1 saturated heterocycles. The average molecular weight is 246 g/mol. The van der Waals surface area contributed by atoms with E-state index in [4.69, 9.17) is 5.73 Å². The minimum atomic E-state index is 0.186. The molecular formula is C16H26N2. The fourth-order valence-electron chi connectivity index (χ4n) is 2.84. The van der Waals surface area contributed by atoms with E-state index in [1.54, 1.807) is 0 Å². The first kappa shape index (κ1) is 13.6. The van der Waals surface area contributed by atoms with Crippen LogP contribution in [0, 0.1) is 12.8 Å². The molecule has 0 saturated carbocycles. The summed E-state index contributed by atoms with van der Waals surface area (Å²) < 4.78 is 0. The Bertz CT molecular complexity index is 375. The second-order valence-electron chi connectivity index (χ2n) is 5.67. The van der Waals surface area contributed by atoms with Gasteiger partial charge in [0.25, 0.3) is 0 Å². The molecule has 2 unspecified atom stereocenters. The molecule has 0 amide bonds. The lowest BCUT2D eigenvalue weighted by molar-refractivity contribution is 0.308. The lowest BCUT2D eigenvalue weighted by Gasteiger charge is -2.19. The van der Waals surface area contributed by atoms with Crippen LogP contribution in [0.4, 0.5) is 0 Å². The summed E-state index contributed by atoms with van der Waals surface area (Å²) >= 11 is 0. The summed E-state index contributed by atoms with van der Waals surface area (Å²) in [6, 6.07) is 8.78. The summed E-state index contributed by atoms with van der Waals surface area (Å²) in [5, 5.41) is 0. The highest BCUT2D eigenvalue weighted by atomic mass is 15.1. The van der Waals surface area contributed by atoms with Crippen molar-refractivity contribution in [1.29, 1.82) is 0 Å². The standard InChI is InChI=1S/C16H26N2/c1-3-14-7-9-18(12-14)10-8-16(17)15-6-4-5-13(2)11-15/h4-6,11,14,16H,3,7-10,12,17H2,1-2H3. The topological polar surface area (TPSA) is 29.3 Å². The minimum Gasteiger partial charge on any atom is -0.324 e. The molecule has 0 aliphatic carbocycles. The van der Waals surface area contributed by atoms with Crippen LogP contribution in [-0.2, 0) is 0 Å². The molecule has 1 aromatic carbocycles. The van der Waals surface area contributed by atoms with Crippen molar-refractivity contribution in [3.8, 4) is 0 Å². The monoisotopic (exact) mass is 246 g/mol. The smallest absolute Gasteiger partial charge is 0.0307 e. The van der Waals surface area contributed by atoms with Gasteiger partial charge in [-0.2, -0.15) is 0 Å². The van der Waals surface area contributed by atoms with E-state index in [1.807, 2.05) is 0 Å². The van der Waals surface area contributed by atoms with Gasteiger partial charge < -0.3 is 10.6 Å². The zero-order valence-electron chi connectivity index (χ0n) is 11.7. The van der Waals surface area contributed by atoms with Crippen molar-refractivity contribution in [3.05, 3.63) is 35.4 Å². The summed E-state index contributed by atoms with van der Waals surface area (Å²) in [4.78, 5) is 2.57. The fourth-order valence-corrected chi connectivity index (χ4v) is 2.84. The van der Waals surface area contributed by atoms with Gasteiger partial charge in [-0.05, 0) is 44.3 Å². The van der Waals surface area contributed by atoms with E-state index in [2.05, 4.69) is 43.0 Å². The van der Waals surface area contributed by atoms with E-state index < -0.39 is 0 Å².